The third-order valence-corrected chi connectivity index (χ3v) is 12.6. The topological polar surface area (TPSA) is 146 Å². The highest BCUT2D eigenvalue weighted by atomic mass is 32.2. The largest absolute Gasteiger partial charge is 0.406 e. The minimum absolute atomic E-state index is 0.142. The molecule has 11 nitrogen and oxygen atoms in total. The van der Waals surface area contributed by atoms with Gasteiger partial charge in [0.2, 0.25) is 5.79 Å². The Morgan fingerprint density at radius 1 is 1.32 bits per heavy atom. The molecule has 5 atom stereocenters. The first kappa shape index (κ1) is 22.8. The van der Waals surface area contributed by atoms with Gasteiger partial charge in [0.25, 0.3) is 15.7 Å². The number of hydrogen-bond acceptors (Lipinski definition) is 9. The summed E-state index contributed by atoms with van der Waals surface area (Å²) in [6, 6.07) is 0. The number of H-pyrrole nitrogens is 1. The highest BCUT2D eigenvalue weighted by Gasteiger charge is 2.80. The number of rotatable bonds is 3. The van der Waals surface area contributed by atoms with Crippen LogP contribution in [0.4, 0.5) is 0 Å². The summed E-state index contributed by atoms with van der Waals surface area (Å²) in [5.74, 6) is -2.97. The van der Waals surface area contributed by atoms with Crippen molar-refractivity contribution in [3.8, 4) is 0 Å². The van der Waals surface area contributed by atoms with Gasteiger partial charge in [0.15, 0.2) is 20.1 Å². The summed E-state index contributed by atoms with van der Waals surface area (Å²) in [5.41, 5.74) is -2.91. The second-order valence-corrected chi connectivity index (χ2v) is 16.3. The Balaban J connectivity index is 1.91. The molecule has 3 fully saturated rings. The molecule has 0 saturated carbocycles. The lowest BCUT2D eigenvalue weighted by Gasteiger charge is -2.44. The van der Waals surface area contributed by atoms with E-state index in [1.54, 1.807) is 0 Å². The van der Waals surface area contributed by atoms with Gasteiger partial charge in [0.05, 0.1) is 6.61 Å². The number of aliphatic hydroxyl groups is 1. The van der Waals surface area contributed by atoms with Gasteiger partial charge >= 0.3 is 5.69 Å². The van der Waals surface area contributed by atoms with E-state index in [2.05, 4.69) is 4.98 Å². The predicted octanol–water partition coefficient (Wildman–Crippen LogP) is -0.0496. The van der Waals surface area contributed by atoms with E-state index in [4.69, 9.17) is 18.1 Å². The molecule has 1 spiro atoms. The minimum Gasteiger partial charge on any atom is -0.406 e. The maximum atomic E-state index is 12.6. The van der Waals surface area contributed by atoms with Gasteiger partial charge < -0.3 is 19.0 Å². The lowest BCUT2D eigenvalue weighted by molar-refractivity contribution is -0.236. The van der Waals surface area contributed by atoms with Crippen LogP contribution < -0.4 is 11.2 Å². The highest BCUT2D eigenvalue weighted by Crippen LogP contribution is 2.57. The molecule has 4 rings (SSSR count). The molecule has 4 unspecified atom stereocenters. The van der Waals surface area contributed by atoms with Gasteiger partial charge in [-0.05, 0) is 25.1 Å². The number of nitrogens with zero attached hydrogens (tertiary/aromatic N) is 1. The average molecular weight is 477 g/mol. The molecule has 3 aliphatic rings. The van der Waals surface area contributed by atoms with E-state index in [0.717, 1.165) is 4.57 Å². The van der Waals surface area contributed by atoms with Crippen LogP contribution in [0.5, 0.6) is 0 Å². The molecule has 13 heteroatoms. The molecule has 2 N–H and O–H groups in total. The van der Waals surface area contributed by atoms with Crippen LogP contribution in [-0.4, -0.2) is 67.3 Å². The fourth-order valence-corrected chi connectivity index (χ4v) is 7.00. The van der Waals surface area contributed by atoms with Crippen LogP contribution in [0.2, 0.25) is 18.1 Å². The molecule has 0 bridgehead atoms. The summed E-state index contributed by atoms with van der Waals surface area (Å²) in [6.07, 6.45) is -2.01. The van der Waals surface area contributed by atoms with E-state index < -0.39 is 65.3 Å². The Hall–Kier alpha value is -1.35. The van der Waals surface area contributed by atoms with Crippen molar-refractivity contribution in [2.45, 2.75) is 75.7 Å². The first-order chi connectivity index (χ1) is 14.0. The quantitative estimate of drug-likeness (QED) is 0.453. The van der Waals surface area contributed by atoms with Gasteiger partial charge in [-0.3, -0.25) is 18.5 Å². The molecule has 3 aliphatic heterocycles. The van der Waals surface area contributed by atoms with E-state index in [1.165, 1.54) is 13.1 Å². The van der Waals surface area contributed by atoms with Crippen molar-refractivity contribution in [2.24, 2.45) is 0 Å². The normalized spacial score (nSPS) is 37.1. The number of nitrogens with one attached hydrogen (secondary N) is 1. The fourth-order valence-electron chi connectivity index (χ4n) is 4.13. The Bertz CT molecular complexity index is 1140. The number of aromatic amines is 1. The summed E-state index contributed by atoms with van der Waals surface area (Å²) in [6.45, 7) is 11.3. The van der Waals surface area contributed by atoms with E-state index in [1.807, 2.05) is 33.9 Å². The summed E-state index contributed by atoms with van der Waals surface area (Å²) < 4.78 is 49.6. The van der Waals surface area contributed by atoms with Crippen molar-refractivity contribution in [1.82, 2.24) is 9.55 Å². The molecule has 0 amide bonds. The number of aromatic nitrogens is 2. The molecule has 0 radical (unpaired) electrons. The van der Waals surface area contributed by atoms with Crippen molar-refractivity contribution in [3.05, 3.63) is 32.6 Å². The SMILES string of the molecule is Cc1cn([C@@H]2OC3COC4(O)CS(=O)(=O)OC34C2O[Si](C)(C)C(C)(C)C)c(=O)[nH]c1=O. The van der Waals surface area contributed by atoms with Crippen molar-refractivity contribution < 1.29 is 31.6 Å². The van der Waals surface area contributed by atoms with Crippen LogP contribution in [0.1, 0.15) is 32.6 Å². The third-order valence-electron chi connectivity index (χ3n) is 6.83. The molecular formula is C18H28N2O9SSi. The lowest BCUT2D eigenvalue weighted by Crippen LogP contribution is -2.63. The predicted molar refractivity (Wildman–Crippen MR) is 111 cm³/mol. The van der Waals surface area contributed by atoms with Crippen molar-refractivity contribution in [2.75, 3.05) is 12.4 Å². The second-order valence-electron chi connectivity index (χ2n) is 9.97. The fraction of sp³-hybridized carbons (Fsp3) is 0.778. The molecule has 1 aromatic heterocycles. The summed E-state index contributed by atoms with van der Waals surface area (Å²) >= 11 is 0. The van der Waals surface area contributed by atoms with Gasteiger partial charge in [0.1, 0.15) is 18.0 Å². The first-order valence-corrected chi connectivity index (χ1v) is 14.5. The molecule has 31 heavy (non-hydrogen) atoms. The third kappa shape index (κ3) is 3.21. The van der Waals surface area contributed by atoms with Crippen LogP contribution in [0, 0.1) is 6.92 Å². The molecular weight excluding hydrogens is 448 g/mol. The van der Waals surface area contributed by atoms with E-state index in [-0.39, 0.29) is 17.2 Å². The standard InChI is InChI=1S/C18H28N2O9SSi/c1-10-7-20(15(22)19-13(10)21)14-12(28-31(5,6)16(2,3)4)18-11(27-14)8-26-17(18,23)9-30(24,25)29-18/h7,11-12,14,23H,8-9H2,1-6H3,(H,19,21,22)/t11?,12?,14-,17?,18?/m1/s1. The molecule has 174 valence electrons. The van der Waals surface area contributed by atoms with Gasteiger partial charge in [-0.25, -0.2) is 4.79 Å². The van der Waals surface area contributed by atoms with Gasteiger partial charge in [-0.15, -0.1) is 0 Å². The minimum atomic E-state index is -4.15. The summed E-state index contributed by atoms with van der Waals surface area (Å²) in [4.78, 5) is 26.7. The molecule has 4 heterocycles. The van der Waals surface area contributed by atoms with Crippen LogP contribution >= 0.6 is 0 Å². The van der Waals surface area contributed by atoms with E-state index >= 15 is 0 Å². The van der Waals surface area contributed by atoms with Crippen molar-refractivity contribution in [1.29, 1.82) is 0 Å². The lowest BCUT2D eigenvalue weighted by atomic mass is 9.86. The van der Waals surface area contributed by atoms with Gasteiger partial charge in [-0.1, -0.05) is 20.8 Å². The first-order valence-electron chi connectivity index (χ1n) is 9.98. The molecule has 0 aromatic carbocycles. The monoisotopic (exact) mass is 476 g/mol. The number of aryl methyl sites for hydroxylation is 1. The maximum absolute atomic E-state index is 12.6. The van der Waals surface area contributed by atoms with E-state index in [9.17, 15) is 23.1 Å². The van der Waals surface area contributed by atoms with Crippen LogP contribution in [0.3, 0.4) is 0 Å². The molecule has 1 aromatic rings. The Labute approximate surface area is 180 Å². The maximum Gasteiger partial charge on any atom is 0.330 e. The van der Waals surface area contributed by atoms with Crippen molar-refractivity contribution in [3.63, 3.8) is 0 Å². The van der Waals surface area contributed by atoms with Crippen molar-refractivity contribution >= 4 is 18.4 Å². The van der Waals surface area contributed by atoms with Crippen LogP contribution in [-0.2, 0) is 28.2 Å². The molecule has 3 saturated heterocycles. The zero-order chi connectivity index (χ0) is 23.2. The van der Waals surface area contributed by atoms with Gasteiger partial charge in [-0.2, -0.15) is 8.42 Å². The van der Waals surface area contributed by atoms with Crippen LogP contribution in [0.25, 0.3) is 0 Å². The second kappa shape index (κ2) is 6.59. The Morgan fingerprint density at radius 3 is 2.58 bits per heavy atom. The summed E-state index contributed by atoms with van der Waals surface area (Å²) in [7, 11) is -6.75. The zero-order valence-electron chi connectivity index (χ0n) is 18.3. The number of hydrogen-bond donors (Lipinski definition) is 2. The number of ether oxygens (including phenoxy) is 2. The zero-order valence-corrected chi connectivity index (χ0v) is 20.1. The smallest absolute Gasteiger partial charge is 0.330 e. The average Bonchev–Trinajstić information content (AvgIpc) is 3.10. The Morgan fingerprint density at radius 2 is 1.97 bits per heavy atom. The van der Waals surface area contributed by atoms with E-state index in [0.29, 0.717) is 0 Å². The molecule has 0 aliphatic carbocycles. The Kier molecular flexibility index (Phi) is 4.85. The van der Waals surface area contributed by atoms with Gasteiger partial charge in [0, 0.05) is 11.8 Å². The summed E-state index contributed by atoms with van der Waals surface area (Å²) in [5, 5.41) is 10.9. The van der Waals surface area contributed by atoms with Crippen LogP contribution in [0.15, 0.2) is 15.8 Å². The highest BCUT2D eigenvalue weighted by molar-refractivity contribution is 7.87.